The molecular weight excluding hydrogens is 446 g/mol. The van der Waals surface area contributed by atoms with Crippen molar-refractivity contribution in [1.29, 1.82) is 0 Å². The Kier molecular flexibility index (Phi) is 5.35. The van der Waals surface area contributed by atoms with E-state index in [2.05, 4.69) is 43.6 Å². The van der Waals surface area contributed by atoms with E-state index in [-0.39, 0.29) is 12.1 Å². The summed E-state index contributed by atoms with van der Waals surface area (Å²) in [7, 11) is 1.91. The lowest BCUT2D eigenvalue weighted by Crippen LogP contribution is -2.31. The maximum absolute atomic E-state index is 6.61. The molecule has 1 aliphatic carbocycles. The van der Waals surface area contributed by atoms with Crippen LogP contribution in [0.1, 0.15) is 25.7 Å². The van der Waals surface area contributed by atoms with Crippen LogP contribution in [0.25, 0.3) is 32.2 Å². The van der Waals surface area contributed by atoms with Gasteiger partial charge in [0.05, 0.1) is 38.9 Å². The van der Waals surface area contributed by atoms with Crippen LogP contribution < -0.4 is 15.8 Å². The second-order valence-electron chi connectivity index (χ2n) is 8.81. The van der Waals surface area contributed by atoms with E-state index in [9.17, 15) is 0 Å². The van der Waals surface area contributed by atoms with Crippen LogP contribution in [0, 0.1) is 0 Å². The van der Waals surface area contributed by atoms with E-state index < -0.39 is 0 Å². The van der Waals surface area contributed by atoms with Crippen LogP contribution in [-0.4, -0.2) is 36.9 Å². The largest absolute Gasteiger partial charge is 0.490 e. The van der Waals surface area contributed by atoms with Crippen LogP contribution in [0.4, 0.5) is 11.5 Å². The van der Waals surface area contributed by atoms with Crippen LogP contribution in [0.15, 0.2) is 54.6 Å². The molecule has 172 valence electrons. The first kappa shape index (κ1) is 21.0. The lowest BCUT2D eigenvalue weighted by atomic mass is 9.93. The van der Waals surface area contributed by atoms with Crippen molar-refractivity contribution in [3.05, 3.63) is 54.6 Å². The highest BCUT2D eigenvalue weighted by Gasteiger charge is 2.22. The van der Waals surface area contributed by atoms with E-state index in [4.69, 9.17) is 10.5 Å². The van der Waals surface area contributed by atoms with Crippen LogP contribution in [0.5, 0.6) is 5.75 Å². The molecule has 3 aromatic heterocycles. The predicted octanol–water partition coefficient (Wildman–Crippen LogP) is 5.03. The van der Waals surface area contributed by atoms with E-state index in [1.165, 1.54) is 0 Å². The van der Waals surface area contributed by atoms with Gasteiger partial charge in [-0.1, -0.05) is 0 Å². The van der Waals surface area contributed by atoms with Gasteiger partial charge in [0.15, 0.2) is 0 Å². The van der Waals surface area contributed by atoms with Gasteiger partial charge in [-0.2, -0.15) is 5.10 Å². The Bertz CT molecular complexity index is 1470. The van der Waals surface area contributed by atoms with Gasteiger partial charge in [-0.15, -0.1) is 11.3 Å². The number of fused-ring (bicyclic) bond motifs is 2. The molecule has 6 rings (SSSR count). The fraction of sp³-hybridized carbons (Fsp3) is 0.280. The van der Waals surface area contributed by atoms with E-state index >= 15 is 0 Å². The Hall–Kier alpha value is -3.56. The molecule has 1 aliphatic rings. The minimum atomic E-state index is 0.119. The minimum absolute atomic E-state index is 0.119. The summed E-state index contributed by atoms with van der Waals surface area (Å²) in [5, 5.41) is 8.69. The summed E-state index contributed by atoms with van der Waals surface area (Å²) in [6, 6.07) is 10.5. The van der Waals surface area contributed by atoms with Crippen molar-refractivity contribution >= 4 is 44.0 Å². The van der Waals surface area contributed by atoms with Gasteiger partial charge in [-0.3, -0.25) is 4.68 Å². The van der Waals surface area contributed by atoms with Crippen LogP contribution in [0.3, 0.4) is 0 Å². The summed E-state index contributed by atoms with van der Waals surface area (Å²) in [6.07, 6.45) is 9.39. The Morgan fingerprint density at radius 1 is 1.03 bits per heavy atom. The number of hydrogen-bond donors (Lipinski definition) is 2. The van der Waals surface area contributed by atoms with Crippen molar-refractivity contribution in [1.82, 2.24) is 24.7 Å². The highest BCUT2D eigenvalue weighted by Crippen LogP contribution is 2.38. The fourth-order valence-electron chi connectivity index (χ4n) is 4.53. The molecule has 8 nitrogen and oxygen atoms in total. The molecular formula is C25H25N7OS. The molecule has 2 aromatic carbocycles. The topological polar surface area (TPSA) is 104 Å². The van der Waals surface area contributed by atoms with E-state index in [0.717, 1.165) is 69.4 Å². The first-order valence-corrected chi connectivity index (χ1v) is 12.3. The van der Waals surface area contributed by atoms with Gasteiger partial charge < -0.3 is 15.8 Å². The SMILES string of the molecule is Cn1cc(-c2cc(OC3CCC(N)CC3)c3c(Nc4ccc5ncsc5c4)ncnc3c2)cn1. The summed E-state index contributed by atoms with van der Waals surface area (Å²) in [5.41, 5.74) is 12.8. The highest BCUT2D eigenvalue weighted by molar-refractivity contribution is 7.16. The molecule has 34 heavy (non-hydrogen) atoms. The van der Waals surface area contributed by atoms with Gasteiger partial charge in [0.1, 0.15) is 17.9 Å². The van der Waals surface area contributed by atoms with Gasteiger partial charge >= 0.3 is 0 Å². The molecule has 5 aromatic rings. The molecule has 3 N–H and O–H groups in total. The molecule has 0 amide bonds. The Balaban J connectivity index is 1.44. The monoisotopic (exact) mass is 471 g/mol. The standard InChI is InChI=1S/C25H25N7OS/c1-32-12-16(11-30-32)15-8-21-24(22(9-15)33-19-5-2-17(26)3-6-19)25(28-13-27-21)31-18-4-7-20-23(10-18)34-14-29-20/h4,7-14,17,19H,2-3,5-6,26H2,1H3,(H,27,28,31). The summed E-state index contributed by atoms with van der Waals surface area (Å²) in [6.45, 7) is 0. The number of hydrogen-bond acceptors (Lipinski definition) is 8. The number of anilines is 2. The predicted molar refractivity (Wildman–Crippen MR) is 136 cm³/mol. The lowest BCUT2D eigenvalue weighted by Gasteiger charge is -2.27. The van der Waals surface area contributed by atoms with Gasteiger partial charge in [-0.05, 0) is 61.6 Å². The number of nitrogens with two attached hydrogens (primary N) is 1. The van der Waals surface area contributed by atoms with E-state index in [1.807, 2.05) is 37.1 Å². The number of thiazole rings is 1. The molecule has 1 fully saturated rings. The summed E-state index contributed by atoms with van der Waals surface area (Å²) in [4.78, 5) is 13.6. The maximum Gasteiger partial charge on any atom is 0.145 e. The minimum Gasteiger partial charge on any atom is -0.490 e. The average Bonchev–Trinajstić information content (AvgIpc) is 3.49. The first-order valence-electron chi connectivity index (χ1n) is 11.4. The fourth-order valence-corrected chi connectivity index (χ4v) is 5.25. The van der Waals surface area contributed by atoms with Crippen molar-refractivity contribution < 1.29 is 4.74 Å². The molecule has 0 bridgehead atoms. The molecule has 1 saturated carbocycles. The van der Waals surface area contributed by atoms with E-state index in [0.29, 0.717) is 5.82 Å². The third-order valence-corrected chi connectivity index (χ3v) is 7.14. The first-order chi connectivity index (χ1) is 16.6. The second-order valence-corrected chi connectivity index (χ2v) is 9.69. The summed E-state index contributed by atoms with van der Waals surface area (Å²) in [5.74, 6) is 1.49. The zero-order valence-corrected chi connectivity index (χ0v) is 19.6. The summed E-state index contributed by atoms with van der Waals surface area (Å²) >= 11 is 1.62. The third-order valence-electron chi connectivity index (χ3n) is 6.35. The Morgan fingerprint density at radius 2 is 1.91 bits per heavy atom. The number of nitrogens with one attached hydrogen (secondary N) is 1. The molecule has 3 heterocycles. The normalized spacial score (nSPS) is 18.4. The van der Waals surface area contributed by atoms with Crippen LogP contribution in [-0.2, 0) is 7.05 Å². The molecule has 0 radical (unpaired) electrons. The molecule has 0 aliphatic heterocycles. The highest BCUT2D eigenvalue weighted by atomic mass is 32.1. The average molecular weight is 472 g/mol. The Morgan fingerprint density at radius 3 is 2.74 bits per heavy atom. The number of benzene rings is 2. The van der Waals surface area contributed by atoms with Crippen molar-refractivity contribution in [3.63, 3.8) is 0 Å². The number of nitrogens with zero attached hydrogens (tertiary/aromatic N) is 5. The van der Waals surface area contributed by atoms with E-state index in [1.54, 1.807) is 22.3 Å². The number of ether oxygens (including phenoxy) is 1. The quantitative estimate of drug-likeness (QED) is 0.370. The van der Waals surface area contributed by atoms with Gasteiger partial charge in [0, 0.05) is 30.5 Å². The van der Waals surface area contributed by atoms with Gasteiger partial charge in [-0.25, -0.2) is 15.0 Å². The van der Waals surface area contributed by atoms with Crippen molar-refractivity contribution in [3.8, 4) is 16.9 Å². The maximum atomic E-state index is 6.61. The van der Waals surface area contributed by atoms with Crippen molar-refractivity contribution in [2.45, 2.75) is 37.8 Å². The second kappa shape index (κ2) is 8.66. The van der Waals surface area contributed by atoms with Crippen LogP contribution >= 0.6 is 11.3 Å². The number of aryl methyl sites for hydroxylation is 1. The van der Waals surface area contributed by atoms with Crippen LogP contribution in [0.2, 0.25) is 0 Å². The van der Waals surface area contributed by atoms with Crippen molar-refractivity contribution in [2.24, 2.45) is 12.8 Å². The zero-order chi connectivity index (χ0) is 23.1. The zero-order valence-electron chi connectivity index (χ0n) is 18.8. The third kappa shape index (κ3) is 4.08. The number of aromatic nitrogens is 5. The molecule has 0 atom stereocenters. The smallest absolute Gasteiger partial charge is 0.145 e. The molecule has 0 saturated heterocycles. The van der Waals surface area contributed by atoms with Gasteiger partial charge in [0.2, 0.25) is 0 Å². The molecule has 0 spiro atoms. The van der Waals surface area contributed by atoms with Crippen molar-refractivity contribution in [2.75, 3.05) is 5.32 Å². The molecule has 0 unspecified atom stereocenters. The Labute approximate surface area is 200 Å². The summed E-state index contributed by atoms with van der Waals surface area (Å²) < 4.78 is 9.53. The molecule has 9 heteroatoms. The van der Waals surface area contributed by atoms with Gasteiger partial charge in [0.25, 0.3) is 0 Å². The lowest BCUT2D eigenvalue weighted by molar-refractivity contribution is 0.149. The number of rotatable bonds is 5.